The van der Waals surface area contributed by atoms with Gasteiger partial charge in [-0.05, 0) is 36.6 Å². The maximum atomic E-state index is 11.9. The second kappa shape index (κ2) is 7.00. The minimum Gasteiger partial charge on any atom is -0.493 e. The van der Waals surface area contributed by atoms with Gasteiger partial charge in [0.15, 0.2) is 0 Å². The molecule has 0 aliphatic carbocycles. The van der Waals surface area contributed by atoms with Gasteiger partial charge in [-0.3, -0.25) is 0 Å². The summed E-state index contributed by atoms with van der Waals surface area (Å²) in [5.74, 6) is -0.816. The number of nitrogens with zero attached hydrogens (tertiary/aromatic N) is 1. The number of urea groups is 1. The number of ether oxygens (including phenoxy) is 1. The Balaban J connectivity index is 2.13. The number of carboxylic acid groups (broad SMARTS) is 1. The molecule has 8 heteroatoms. The number of anilines is 1. The normalized spacial score (nSPS) is 13.3. The summed E-state index contributed by atoms with van der Waals surface area (Å²) >= 11 is 1.26. The molecule has 7 nitrogen and oxygen atoms in total. The number of carbonyl (C=O) groups is 2. The molecule has 0 saturated carbocycles. The van der Waals surface area contributed by atoms with Crippen LogP contribution < -0.4 is 14.9 Å². The van der Waals surface area contributed by atoms with Crippen molar-refractivity contribution in [1.29, 1.82) is 0 Å². The molecule has 0 saturated heterocycles. The van der Waals surface area contributed by atoms with Crippen LogP contribution in [0.25, 0.3) is 0 Å². The minimum atomic E-state index is -1.10. The molecule has 0 radical (unpaired) electrons. The van der Waals surface area contributed by atoms with E-state index in [1.165, 1.54) is 29.1 Å². The standard InChI is InChI=1S/C13H15N3O4S/c1-2-6-20-11-4-3-9(8-10(11)12(17)18)14-13(19)16-5-7-21-15-16/h3-5,7-8,15H,2,6H2,1H3,(H,14,19)(H,17,18). The summed E-state index contributed by atoms with van der Waals surface area (Å²) in [4.78, 5) is 25.9. The number of benzene rings is 1. The SMILES string of the molecule is CCCOc1ccc(NC(=O)N2C=CSN2)cc1C(=O)O. The van der Waals surface area contributed by atoms with Gasteiger partial charge in [-0.2, -0.15) is 4.83 Å². The molecule has 2 amide bonds. The molecule has 0 fully saturated rings. The highest BCUT2D eigenvalue weighted by molar-refractivity contribution is 8.00. The van der Waals surface area contributed by atoms with E-state index < -0.39 is 12.0 Å². The number of hydrogen-bond donors (Lipinski definition) is 3. The number of carbonyl (C=O) groups excluding carboxylic acids is 1. The fourth-order valence-corrected chi connectivity index (χ4v) is 2.12. The molecule has 2 rings (SSSR count). The van der Waals surface area contributed by atoms with Crippen LogP contribution in [0.3, 0.4) is 0 Å². The summed E-state index contributed by atoms with van der Waals surface area (Å²) in [5, 5.41) is 14.8. The zero-order valence-electron chi connectivity index (χ0n) is 11.3. The summed E-state index contributed by atoms with van der Waals surface area (Å²) in [7, 11) is 0. The molecule has 0 atom stereocenters. The number of rotatable bonds is 5. The molecule has 1 heterocycles. The van der Waals surface area contributed by atoms with E-state index in [0.29, 0.717) is 12.3 Å². The van der Waals surface area contributed by atoms with Crippen molar-refractivity contribution in [2.24, 2.45) is 0 Å². The van der Waals surface area contributed by atoms with E-state index in [-0.39, 0.29) is 11.3 Å². The first-order valence-electron chi connectivity index (χ1n) is 6.30. The fraction of sp³-hybridized carbons (Fsp3) is 0.231. The van der Waals surface area contributed by atoms with Crippen LogP contribution in [0.1, 0.15) is 23.7 Å². The average Bonchev–Trinajstić information content (AvgIpc) is 3.00. The average molecular weight is 309 g/mol. The predicted molar refractivity (Wildman–Crippen MR) is 79.9 cm³/mol. The molecular formula is C13H15N3O4S. The van der Waals surface area contributed by atoms with E-state index in [1.54, 1.807) is 17.7 Å². The lowest BCUT2D eigenvalue weighted by atomic mass is 10.1. The molecule has 1 aliphatic rings. The van der Waals surface area contributed by atoms with Gasteiger partial charge in [0.05, 0.1) is 6.61 Å². The Morgan fingerprint density at radius 2 is 2.29 bits per heavy atom. The van der Waals surface area contributed by atoms with Crippen LogP contribution in [0.15, 0.2) is 29.8 Å². The van der Waals surface area contributed by atoms with Crippen LogP contribution in [-0.4, -0.2) is 28.7 Å². The van der Waals surface area contributed by atoms with E-state index in [2.05, 4.69) is 10.1 Å². The Kier molecular flexibility index (Phi) is 5.07. The van der Waals surface area contributed by atoms with Crippen LogP contribution in [-0.2, 0) is 0 Å². The van der Waals surface area contributed by atoms with Crippen molar-refractivity contribution in [1.82, 2.24) is 9.84 Å². The third-order valence-corrected chi connectivity index (χ3v) is 3.13. The molecule has 1 aromatic carbocycles. The quantitative estimate of drug-likeness (QED) is 0.724. The molecular weight excluding hydrogens is 294 g/mol. The Morgan fingerprint density at radius 3 is 2.90 bits per heavy atom. The first kappa shape index (κ1) is 15.2. The second-order valence-corrected chi connectivity index (χ2v) is 4.85. The molecule has 0 aromatic heterocycles. The van der Waals surface area contributed by atoms with Crippen molar-refractivity contribution in [2.45, 2.75) is 13.3 Å². The van der Waals surface area contributed by atoms with Gasteiger partial charge < -0.3 is 15.2 Å². The van der Waals surface area contributed by atoms with E-state index in [0.717, 1.165) is 6.42 Å². The monoisotopic (exact) mass is 309 g/mol. The van der Waals surface area contributed by atoms with Gasteiger partial charge in [0, 0.05) is 17.3 Å². The third kappa shape index (κ3) is 3.89. The van der Waals surface area contributed by atoms with Gasteiger partial charge >= 0.3 is 12.0 Å². The summed E-state index contributed by atoms with van der Waals surface area (Å²) < 4.78 is 5.38. The van der Waals surface area contributed by atoms with Gasteiger partial charge in [-0.15, -0.1) is 0 Å². The van der Waals surface area contributed by atoms with Gasteiger partial charge in [0.25, 0.3) is 0 Å². The highest BCUT2D eigenvalue weighted by Crippen LogP contribution is 2.23. The largest absolute Gasteiger partial charge is 0.493 e. The van der Waals surface area contributed by atoms with Crippen LogP contribution >= 0.6 is 11.9 Å². The lowest BCUT2D eigenvalue weighted by Crippen LogP contribution is -2.35. The van der Waals surface area contributed by atoms with Crippen LogP contribution in [0.5, 0.6) is 5.75 Å². The molecule has 21 heavy (non-hydrogen) atoms. The first-order valence-corrected chi connectivity index (χ1v) is 7.18. The third-order valence-electron chi connectivity index (χ3n) is 2.57. The highest BCUT2D eigenvalue weighted by atomic mass is 32.2. The van der Waals surface area contributed by atoms with E-state index in [4.69, 9.17) is 4.74 Å². The maximum absolute atomic E-state index is 11.9. The number of aromatic carboxylic acids is 1. The highest BCUT2D eigenvalue weighted by Gasteiger charge is 2.17. The van der Waals surface area contributed by atoms with Crippen LogP contribution in [0, 0.1) is 0 Å². The zero-order chi connectivity index (χ0) is 15.2. The first-order chi connectivity index (χ1) is 10.1. The lowest BCUT2D eigenvalue weighted by Gasteiger charge is -2.15. The zero-order valence-corrected chi connectivity index (χ0v) is 12.1. The van der Waals surface area contributed by atoms with Crippen LogP contribution in [0.4, 0.5) is 10.5 Å². The van der Waals surface area contributed by atoms with E-state index in [1.807, 2.05) is 6.92 Å². The van der Waals surface area contributed by atoms with E-state index in [9.17, 15) is 14.7 Å². The van der Waals surface area contributed by atoms with Crippen molar-refractivity contribution in [2.75, 3.05) is 11.9 Å². The molecule has 1 aliphatic heterocycles. The van der Waals surface area contributed by atoms with Crippen LogP contribution in [0.2, 0.25) is 0 Å². The number of amides is 2. The van der Waals surface area contributed by atoms with Gasteiger partial charge in [0.2, 0.25) is 0 Å². The molecule has 1 aromatic rings. The maximum Gasteiger partial charge on any atom is 0.341 e. The molecule has 0 bridgehead atoms. The molecule has 0 unspecified atom stereocenters. The second-order valence-electron chi connectivity index (χ2n) is 4.16. The summed E-state index contributed by atoms with van der Waals surface area (Å²) in [6.07, 6.45) is 2.35. The Bertz CT molecular complexity index is 577. The van der Waals surface area contributed by atoms with Gasteiger partial charge in [0.1, 0.15) is 11.3 Å². The van der Waals surface area contributed by atoms with Gasteiger partial charge in [-0.1, -0.05) is 6.92 Å². The summed E-state index contributed by atoms with van der Waals surface area (Å²) in [5.41, 5.74) is 0.397. The Hall–Kier alpha value is -2.19. The number of nitrogens with one attached hydrogen (secondary N) is 2. The number of hydrogen-bond acceptors (Lipinski definition) is 5. The Labute approximate surface area is 126 Å². The lowest BCUT2D eigenvalue weighted by molar-refractivity contribution is 0.0692. The smallest absolute Gasteiger partial charge is 0.341 e. The van der Waals surface area contributed by atoms with Gasteiger partial charge in [-0.25, -0.2) is 14.6 Å². The van der Waals surface area contributed by atoms with Crippen molar-refractivity contribution < 1.29 is 19.4 Å². The Morgan fingerprint density at radius 1 is 1.48 bits per heavy atom. The predicted octanol–water partition coefficient (Wildman–Crippen LogP) is 2.65. The minimum absolute atomic E-state index is 0.0144. The summed E-state index contributed by atoms with van der Waals surface area (Å²) in [6, 6.07) is 4.10. The van der Waals surface area contributed by atoms with Crippen molar-refractivity contribution in [3.63, 3.8) is 0 Å². The molecule has 112 valence electrons. The fourth-order valence-electron chi connectivity index (χ4n) is 1.61. The molecule has 3 N–H and O–H groups in total. The van der Waals surface area contributed by atoms with Crippen molar-refractivity contribution in [3.8, 4) is 5.75 Å². The number of hydrazine groups is 1. The van der Waals surface area contributed by atoms with Crippen molar-refractivity contribution in [3.05, 3.63) is 35.4 Å². The molecule has 0 spiro atoms. The van der Waals surface area contributed by atoms with E-state index >= 15 is 0 Å². The topological polar surface area (TPSA) is 90.9 Å². The number of carboxylic acids is 1. The van der Waals surface area contributed by atoms with Crippen molar-refractivity contribution >= 4 is 29.6 Å². The summed E-state index contributed by atoms with van der Waals surface area (Å²) in [6.45, 7) is 2.37.